The topological polar surface area (TPSA) is 72.0 Å². The molecule has 0 aliphatic heterocycles. The molecule has 5 nitrogen and oxygen atoms in total. The van der Waals surface area contributed by atoms with Gasteiger partial charge >= 0.3 is 0 Å². The van der Waals surface area contributed by atoms with Crippen LogP contribution in [-0.4, -0.2) is 18.4 Å². The van der Waals surface area contributed by atoms with Crippen LogP contribution < -0.4 is 4.72 Å². The van der Waals surface area contributed by atoms with Crippen molar-refractivity contribution < 1.29 is 8.42 Å². The number of anilines is 1. The second kappa shape index (κ2) is 4.59. The summed E-state index contributed by atoms with van der Waals surface area (Å²) in [6.45, 7) is 1.87. The molecule has 0 amide bonds. The molecule has 2 heterocycles. The molecule has 0 radical (unpaired) electrons. The van der Waals surface area contributed by atoms with Gasteiger partial charge in [-0.1, -0.05) is 29.0 Å². The van der Waals surface area contributed by atoms with Gasteiger partial charge in [0.1, 0.15) is 5.82 Å². The first-order valence-corrected chi connectivity index (χ1v) is 7.22. The average molecular weight is 290 g/mol. The first-order chi connectivity index (χ1) is 7.97. The van der Waals surface area contributed by atoms with E-state index in [1.807, 2.05) is 6.92 Å². The molecular weight excluding hydrogens is 282 g/mol. The monoisotopic (exact) mass is 289 g/mol. The second-order valence-electron chi connectivity index (χ2n) is 3.26. The summed E-state index contributed by atoms with van der Waals surface area (Å²) in [5.74, 6) is 0.264. The third kappa shape index (κ3) is 2.93. The van der Waals surface area contributed by atoms with Gasteiger partial charge in [0.15, 0.2) is 8.68 Å². The largest absolute Gasteiger partial charge is 0.274 e. The van der Waals surface area contributed by atoms with Gasteiger partial charge in [0.2, 0.25) is 0 Å². The summed E-state index contributed by atoms with van der Waals surface area (Å²) in [5, 5.41) is 0. The Morgan fingerprint density at radius 3 is 2.59 bits per heavy atom. The fourth-order valence-corrected chi connectivity index (χ4v) is 3.38. The smallest absolute Gasteiger partial charge is 0.263 e. The molecule has 0 spiro atoms. The van der Waals surface area contributed by atoms with Crippen LogP contribution in [0.5, 0.6) is 0 Å². The molecule has 0 saturated heterocycles. The van der Waals surface area contributed by atoms with Crippen molar-refractivity contribution in [3.63, 3.8) is 0 Å². The molecule has 90 valence electrons. The molecule has 2 rings (SSSR count). The number of sulfonamides is 1. The quantitative estimate of drug-likeness (QED) is 0.941. The molecule has 0 aliphatic rings. The molecule has 0 aromatic carbocycles. The standard InChI is InChI=1S/C9H8ClN3O2S2/c1-6-2-3-7(11-4-6)13-17(14,15)8-5-12-9(10)16-8/h2-5H,1H3,(H,11,13). The SMILES string of the molecule is Cc1ccc(NS(=O)(=O)c2cnc(Cl)s2)nc1. The number of halogens is 1. The van der Waals surface area contributed by atoms with Crippen LogP contribution in [0.25, 0.3) is 0 Å². The molecule has 0 unspecified atom stereocenters. The zero-order valence-electron chi connectivity index (χ0n) is 8.71. The van der Waals surface area contributed by atoms with E-state index in [0.29, 0.717) is 0 Å². The van der Waals surface area contributed by atoms with E-state index < -0.39 is 10.0 Å². The van der Waals surface area contributed by atoms with Gasteiger partial charge < -0.3 is 0 Å². The highest BCUT2D eigenvalue weighted by atomic mass is 35.5. The Hall–Kier alpha value is -1.18. The summed E-state index contributed by atoms with van der Waals surface area (Å²) in [7, 11) is -3.65. The average Bonchev–Trinajstić information content (AvgIpc) is 2.69. The van der Waals surface area contributed by atoms with E-state index in [1.165, 1.54) is 6.20 Å². The lowest BCUT2D eigenvalue weighted by atomic mass is 10.3. The van der Waals surface area contributed by atoms with Crippen molar-refractivity contribution in [1.29, 1.82) is 0 Å². The molecule has 0 fully saturated rings. The predicted octanol–water partition coefficient (Wildman–Crippen LogP) is 2.30. The van der Waals surface area contributed by atoms with Gasteiger partial charge in [-0.2, -0.15) is 0 Å². The normalized spacial score (nSPS) is 11.4. The Kier molecular flexibility index (Phi) is 3.32. The molecule has 0 aliphatic carbocycles. The number of rotatable bonds is 3. The van der Waals surface area contributed by atoms with Gasteiger partial charge in [0.05, 0.1) is 6.20 Å². The third-order valence-corrected chi connectivity index (χ3v) is 4.80. The van der Waals surface area contributed by atoms with Crippen LogP contribution in [0.15, 0.2) is 28.7 Å². The van der Waals surface area contributed by atoms with Crippen LogP contribution in [0.4, 0.5) is 5.82 Å². The van der Waals surface area contributed by atoms with Crippen LogP contribution in [-0.2, 0) is 10.0 Å². The Bertz CT molecular complexity index is 622. The number of nitrogens with zero attached hydrogens (tertiary/aromatic N) is 2. The number of pyridine rings is 1. The van der Waals surface area contributed by atoms with E-state index in [2.05, 4.69) is 14.7 Å². The zero-order chi connectivity index (χ0) is 12.5. The van der Waals surface area contributed by atoms with E-state index in [4.69, 9.17) is 11.6 Å². The summed E-state index contributed by atoms with van der Waals surface area (Å²) in [4.78, 5) is 7.64. The Morgan fingerprint density at radius 1 is 1.29 bits per heavy atom. The minimum absolute atomic E-state index is 0.0601. The van der Waals surface area contributed by atoms with E-state index in [0.717, 1.165) is 16.9 Å². The van der Waals surface area contributed by atoms with Crippen LogP contribution in [0, 0.1) is 6.92 Å². The number of hydrogen-bond donors (Lipinski definition) is 1. The summed E-state index contributed by atoms with van der Waals surface area (Å²) >= 11 is 6.48. The maximum absolute atomic E-state index is 11.9. The molecule has 8 heteroatoms. The highest BCUT2D eigenvalue weighted by molar-refractivity contribution is 7.94. The molecule has 17 heavy (non-hydrogen) atoms. The number of hydrogen-bond acceptors (Lipinski definition) is 5. The van der Waals surface area contributed by atoms with Gasteiger partial charge in [0, 0.05) is 6.20 Å². The fourth-order valence-electron chi connectivity index (χ4n) is 1.08. The summed E-state index contributed by atoms with van der Waals surface area (Å²) in [6.07, 6.45) is 2.79. The highest BCUT2D eigenvalue weighted by Crippen LogP contribution is 2.24. The van der Waals surface area contributed by atoms with E-state index in [9.17, 15) is 8.42 Å². The van der Waals surface area contributed by atoms with Crippen molar-refractivity contribution in [1.82, 2.24) is 9.97 Å². The first kappa shape index (κ1) is 12.3. The predicted molar refractivity (Wildman–Crippen MR) is 66.9 cm³/mol. The van der Waals surface area contributed by atoms with Crippen molar-refractivity contribution >= 4 is 38.8 Å². The Morgan fingerprint density at radius 2 is 2.06 bits per heavy atom. The van der Waals surface area contributed by atoms with Crippen LogP contribution in [0.3, 0.4) is 0 Å². The Labute approximate surface area is 108 Å². The zero-order valence-corrected chi connectivity index (χ0v) is 11.1. The van der Waals surface area contributed by atoms with E-state index >= 15 is 0 Å². The van der Waals surface area contributed by atoms with Crippen molar-refractivity contribution in [2.45, 2.75) is 11.1 Å². The first-order valence-electron chi connectivity index (χ1n) is 4.54. The van der Waals surface area contributed by atoms with Crippen LogP contribution >= 0.6 is 22.9 Å². The van der Waals surface area contributed by atoms with Crippen molar-refractivity contribution in [2.24, 2.45) is 0 Å². The number of aryl methyl sites for hydroxylation is 1. The number of thiazole rings is 1. The van der Waals surface area contributed by atoms with Gasteiger partial charge in [-0.25, -0.2) is 18.4 Å². The lowest BCUT2D eigenvalue weighted by Gasteiger charge is -2.04. The van der Waals surface area contributed by atoms with Crippen LogP contribution in [0.2, 0.25) is 4.47 Å². The maximum atomic E-state index is 11.9. The van der Waals surface area contributed by atoms with Crippen LogP contribution in [0.1, 0.15) is 5.56 Å². The van der Waals surface area contributed by atoms with Crippen molar-refractivity contribution in [3.05, 3.63) is 34.6 Å². The number of nitrogens with one attached hydrogen (secondary N) is 1. The van der Waals surface area contributed by atoms with E-state index in [1.54, 1.807) is 18.3 Å². The summed E-state index contributed by atoms with van der Waals surface area (Å²) in [6, 6.07) is 3.36. The minimum Gasteiger partial charge on any atom is -0.263 e. The highest BCUT2D eigenvalue weighted by Gasteiger charge is 2.17. The summed E-state index contributed by atoms with van der Waals surface area (Å²) in [5.41, 5.74) is 0.953. The van der Waals surface area contributed by atoms with Gasteiger partial charge in [-0.3, -0.25) is 4.72 Å². The lowest BCUT2D eigenvalue weighted by Crippen LogP contribution is -2.12. The molecule has 0 saturated carbocycles. The molecule has 2 aromatic heterocycles. The Balaban J connectivity index is 2.26. The molecular formula is C9H8ClN3O2S2. The molecule has 1 N–H and O–H groups in total. The van der Waals surface area contributed by atoms with Crippen molar-refractivity contribution in [3.8, 4) is 0 Å². The van der Waals surface area contributed by atoms with Gasteiger partial charge in [-0.15, -0.1) is 0 Å². The molecule has 2 aromatic rings. The fraction of sp³-hybridized carbons (Fsp3) is 0.111. The number of aromatic nitrogens is 2. The molecule has 0 atom stereocenters. The summed E-state index contributed by atoms with van der Waals surface area (Å²) < 4.78 is 26.3. The molecule has 0 bridgehead atoms. The second-order valence-corrected chi connectivity index (χ2v) is 6.78. The van der Waals surface area contributed by atoms with Gasteiger partial charge in [0.25, 0.3) is 10.0 Å². The third-order valence-electron chi connectivity index (χ3n) is 1.87. The lowest BCUT2D eigenvalue weighted by molar-refractivity contribution is 0.603. The minimum atomic E-state index is -3.65. The van der Waals surface area contributed by atoms with Crippen molar-refractivity contribution in [2.75, 3.05) is 4.72 Å². The van der Waals surface area contributed by atoms with E-state index in [-0.39, 0.29) is 14.5 Å². The van der Waals surface area contributed by atoms with Gasteiger partial charge in [-0.05, 0) is 18.6 Å². The maximum Gasteiger partial charge on any atom is 0.274 e.